The SMILES string of the molecule is CCCCOCCN=C(NCC)NC1CCN(c2ncccc2Cl)C1.I. The van der Waals surface area contributed by atoms with E-state index in [2.05, 4.69) is 39.4 Å². The number of guanidine groups is 1. The van der Waals surface area contributed by atoms with Crippen LogP contribution in [0.1, 0.15) is 33.1 Å². The fourth-order valence-electron chi connectivity index (χ4n) is 2.76. The molecule has 148 valence electrons. The third-order valence-corrected chi connectivity index (χ3v) is 4.35. The van der Waals surface area contributed by atoms with Crippen LogP contribution in [0.4, 0.5) is 5.82 Å². The number of aromatic nitrogens is 1. The Balaban J connectivity index is 0.00000338. The lowest BCUT2D eigenvalue weighted by atomic mass is 10.3. The highest BCUT2D eigenvalue weighted by Gasteiger charge is 2.25. The van der Waals surface area contributed by atoms with Crippen molar-refractivity contribution in [2.45, 2.75) is 39.2 Å². The number of nitrogens with zero attached hydrogens (tertiary/aromatic N) is 3. The zero-order valence-electron chi connectivity index (χ0n) is 15.7. The average Bonchev–Trinajstić information content (AvgIpc) is 3.07. The molecule has 0 bridgehead atoms. The summed E-state index contributed by atoms with van der Waals surface area (Å²) >= 11 is 6.25. The number of aliphatic imine (C=N–C) groups is 1. The maximum Gasteiger partial charge on any atom is 0.191 e. The molecule has 0 saturated carbocycles. The van der Waals surface area contributed by atoms with E-state index in [1.165, 1.54) is 0 Å². The Labute approximate surface area is 179 Å². The number of nitrogens with one attached hydrogen (secondary N) is 2. The minimum atomic E-state index is 0. The van der Waals surface area contributed by atoms with Gasteiger partial charge in [-0.3, -0.25) is 4.99 Å². The van der Waals surface area contributed by atoms with Crippen molar-refractivity contribution in [2.75, 3.05) is 44.3 Å². The number of pyridine rings is 1. The maximum atomic E-state index is 6.25. The van der Waals surface area contributed by atoms with Gasteiger partial charge in [-0.1, -0.05) is 24.9 Å². The minimum Gasteiger partial charge on any atom is -0.380 e. The van der Waals surface area contributed by atoms with E-state index < -0.39 is 0 Å². The van der Waals surface area contributed by atoms with Gasteiger partial charge in [-0.2, -0.15) is 0 Å². The van der Waals surface area contributed by atoms with Crippen molar-refractivity contribution in [3.05, 3.63) is 23.4 Å². The summed E-state index contributed by atoms with van der Waals surface area (Å²) in [5.41, 5.74) is 0. The summed E-state index contributed by atoms with van der Waals surface area (Å²) in [4.78, 5) is 11.2. The number of rotatable bonds is 9. The highest BCUT2D eigenvalue weighted by Crippen LogP contribution is 2.25. The van der Waals surface area contributed by atoms with E-state index in [1.54, 1.807) is 6.20 Å². The molecule has 1 fully saturated rings. The highest BCUT2D eigenvalue weighted by molar-refractivity contribution is 14.0. The third kappa shape index (κ3) is 7.84. The molecule has 1 aliphatic rings. The Hall–Kier alpha value is -0.800. The molecule has 1 atom stereocenters. The van der Waals surface area contributed by atoms with E-state index in [9.17, 15) is 0 Å². The molecule has 2 N–H and O–H groups in total. The van der Waals surface area contributed by atoms with E-state index in [0.29, 0.717) is 24.2 Å². The van der Waals surface area contributed by atoms with Gasteiger partial charge in [0.2, 0.25) is 0 Å². The highest BCUT2D eigenvalue weighted by atomic mass is 127. The standard InChI is InChI=1S/C18H30ClN5O.HI/c1-3-5-12-25-13-10-22-18(20-4-2)23-15-8-11-24(14-15)17-16(19)7-6-9-21-17;/h6-7,9,15H,3-5,8,10-14H2,1-2H3,(H2,20,22,23);1H. The quantitative estimate of drug-likeness (QED) is 0.238. The van der Waals surface area contributed by atoms with Gasteiger partial charge in [0.05, 0.1) is 18.2 Å². The number of ether oxygens (including phenoxy) is 1. The molecule has 0 aliphatic carbocycles. The number of anilines is 1. The molecule has 1 unspecified atom stereocenters. The molecule has 0 radical (unpaired) electrons. The topological polar surface area (TPSA) is 61.8 Å². The average molecular weight is 496 g/mol. The Morgan fingerprint density at radius 2 is 2.27 bits per heavy atom. The summed E-state index contributed by atoms with van der Waals surface area (Å²) in [5, 5.41) is 7.51. The van der Waals surface area contributed by atoms with Crippen molar-refractivity contribution in [3.8, 4) is 0 Å². The van der Waals surface area contributed by atoms with Crippen LogP contribution in [0, 0.1) is 0 Å². The number of hydrogen-bond donors (Lipinski definition) is 2. The normalized spacial score (nSPS) is 17.1. The van der Waals surface area contributed by atoms with Gasteiger partial charge >= 0.3 is 0 Å². The molecule has 26 heavy (non-hydrogen) atoms. The second-order valence-electron chi connectivity index (χ2n) is 6.11. The van der Waals surface area contributed by atoms with Crippen molar-refractivity contribution >= 4 is 47.4 Å². The Kier molecular flexibility index (Phi) is 12.0. The fourth-order valence-corrected chi connectivity index (χ4v) is 3.01. The van der Waals surface area contributed by atoms with Crippen LogP contribution >= 0.6 is 35.6 Å². The first-order valence-electron chi connectivity index (χ1n) is 9.22. The molecule has 8 heteroatoms. The second-order valence-corrected chi connectivity index (χ2v) is 6.52. The molecule has 1 aromatic rings. The van der Waals surface area contributed by atoms with Gasteiger partial charge in [0.15, 0.2) is 5.96 Å². The van der Waals surface area contributed by atoms with Crippen LogP contribution in [0.3, 0.4) is 0 Å². The summed E-state index contributed by atoms with van der Waals surface area (Å²) < 4.78 is 5.57. The fraction of sp³-hybridized carbons (Fsp3) is 0.667. The number of unbranched alkanes of at least 4 members (excludes halogenated alkanes) is 1. The summed E-state index contributed by atoms with van der Waals surface area (Å²) in [7, 11) is 0. The molecule has 1 aliphatic heterocycles. The molecule has 2 rings (SSSR count). The zero-order valence-corrected chi connectivity index (χ0v) is 18.8. The van der Waals surface area contributed by atoms with Crippen LogP contribution in [-0.4, -0.2) is 56.4 Å². The Morgan fingerprint density at radius 3 is 3.00 bits per heavy atom. The molecule has 0 spiro atoms. The zero-order chi connectivity index (χ0) is 17.9. The van der Waals surface area contributed by atoms with Crippen molar-refractivity contribution in [3.63, 3.8) is 0 Å². The van der Waals surface area contributed by atoms with Gasteiger partial charge in [-0.15, -0.1) is 24.0 Å². The lowest BCUT2D eigenvalue weighted by Gasteiger charge is -2.20. The molecule has 1 aromatic heterocycles. The number of hydrogen-bond acceptors (Lipinski definition) is 4. The Bertz CT molecular complexity index is 546. The van der Waals surface area contributed by atoms with Crippen molar-refractivity contribution in [2.24, 2.45) is 4.99 Å². The third-order valence-electron chi connectivity index (χ3n) is 4.06. The predicted molar refractivity (Wildman–Crippen MR) is 120 cm³/mol. The molecule has 2 heterocycles. The second kappa shape index (κ2) is 13.4. The minimum absolute atomic E-state index is 0. The van der Waals surface area contributed by atoms with Gasteiger partial charge in [-0.25, -0.2) is 4.98 Å². The first-order valence-corrected chi connectivity index (χ1v) is 9.60. The van der Waals surface area contributed by atoms with Crippen LogP contribution in [0.2, 0.25) is 5.02 Å². The molecule has 6 nitrogen and oxygen atoms in total. The number of halogens is 2. The van der Waals surface area contributed by atoms with Gasteiger partial charge in [0, 0.05) is 38.5 Å². The Morgan fingerprint density at radius 1 is 1.42 bits per heavy atom. The molecule has 0 aromatic carbocycles. The lowest BCUT2D eigenvalue weighted by Crippen LogP contribution is -2.44. The largest absolute Gasteiger partial charge is 0.380 e. The van der Waals surface area contributed by atoms with Crippen LogP contribution in [-0.2, 0) is 4.74 Å². The maximum absolute atomic E-state index is 6.25. The van der Waals surface area contributed by atoms with Crippen molar-refractivity contribution in [1.82, 2.24) is 15.6 Å². The molecule has 1 saturated heterocycles. The predicted octanol–water partition coefficient (Wildman–Crippen LogP) is 3.30. The monoisotopic (exact) mass is 495 g/mol. The van der Waals surface area contributed by atoms with Crippen LogP contribution in [0.25, 0.3) is 0 Å². The van der Waals surface area contributed by atoms with Gasteiger partial charge in [0.1, 0.15) is 5.82 Å². The lowest BCUT2D eigenvalue weighted by molar-refractivity contribution is 0.139. The molecular formula is C18H31ClIN5O. The van der Waals surface area contributed by atoms with Gasteiger partial charge < -0.3 is 20.3 Å². The summed E-state index contributed by atoms with van der Waals surface area (Å²) in [6.45, 7) is 9.03. The van der Waals surface area contributed by atoms with E-state index in [-0.39, 0.29) is 24.0 Å². The summed E-state index contributed by atoms with van der Waals surface area (Å²) in [5.74, 6) is 1.71. The van der Waals surface area contributed by atoms with Crippen molar-refractivity contribution < 1.29 is 4.74 Å². The van der Waals surface area contributed by atoms with E-state index in [1.807, 2.05) is 12.1 Å². The first-order chi connectivity index (χ1) is 12.2. The summed E-state index contributed by atoms with van der Waals surface area (Å²) in [6.07, 6.45) is 5.08. The van der Waals surface area contributed by atoms with Crippen LogP contribution in [0.15, 0.2) is 23.3 Å². The molecular weight excluding hydrogens is 465 g/mol. The van der Waals surface area contributed by atoms with Crippen molar-refractivity contribution in [1.29, 1.82) is 0 Å². The van der Waals surface area contributed by atoms with Crippen LogP contribution in [0.5, 0.6) is 0 Å². The van der Waals surface area contributed by atoms with E-state index in [0.717, 1.165) is 57.3 Å². The molecule has 0 amide bonds. The first kappa shape index (κ1) is 23.2. The summed E-state index contributed by atoms with van der Waals surface area (Å²) in [6, 6.07) is 4.07. The smallest absolute Gasteiger partial charge is 0.191 e. The van der Waals surface area contributed by atoms with Gasteiger partial charge in [-0.05, 0) is 31.9 Å². The van der Waals surface area contributed by atoms with E-state index >= 15 is 0 Å². The van der Waals surface area contributed by atoms with Gasteiger partial charge in [0.25, 0.3) is 0 Å². The van der Waals surface area contributed by atoms with Crippen LogP contribution < -0.4 is 15.5 Å². The van der Waals surface area contributed by atoms with E-state index in [4.69, 9.17) is 16.3 Å².